The largest absolute Gasteiger partial charge is 0.490 e. The number of para-hydroxylation sites is 2. The normalized spacial score (nSPS) is 11.6. The molecule has 0 bridgehead atoms. The molecule has 0 aliphatic carbocycles. The second kappa shape index (κ2) is 7.56. The number of nitriles is 1. The number of hydrogen-bond acceptors (Lipinski definition) is 3. The predicted octanol–water partition coefficient (Wildman–Crippen LogP) is 3.55. The third kappa shape index (κ3) is 4.36. The molecule has 92 valence electrons. The van der Waals surface area contributed by atoms with Crippen molar-refractivity contribution in [2.24, 2.45) is 0 Å². The molecule has 0 heterocycles. The Balaban J connectivity index is 2.71. The van der Waals surface area contributed by atoms with Gasteiger partial charge in [-0.15, -0.1) is 0 Å². The van der Waals surface area contributed by atoms with Gasteiger partial charge >= 0.3 is 0 Å². The molecule has 0 aromatic heterocycles. The average molecular weight is 233 g/mol. The number of rotatable bonds is 7. The van der Waals surface area contributed by atoms with Crippen molar-refractivity contribution in [3.8, 4) is 17.6 Å². The molecule has 1 aromatic rings. The van der Waals surface area contributed by atoms with Crippen LogP contribution >= 0.6 is 0 Å². The van der Waals surface area contributed by atoms with E-state index in [4.69, 9.17) is 14.7 Å². The fraction of sp³-hybridized carbons (Fsp3) is 0.500. The molecule has 0 saturated heterocycles. The number of hydrogen-bond donors (Lipinski definition) is 0. The van der Waals surface area contributed by atoms with Gasteiger partial charge in [-0.1, -0.05) is 26.0 Å². The van der Waals surface area contributed by atoms with E-state index in [1.54, 1.807) is 0 Å². The summed E-state index contributed by atoms with van der Waals surface area (Å²) in [5, 5.41) is 8.70. The minimum Gasteiger partial charge on any atom is -0.490 e. The van der Waals surface area contributed by atoms with E-state index in [1.165, 1.54) is 0 Å². The zero-order valence-electron chi connectivity index (χ0n) is 10.5. The summed E-state index contributed by atoms with van der Waals surface area (Å²) in [5.74, 6) is 1.48. The molecule has 17 heavy (non-hydrogen) atoms. The van der Waals surface area contributed by atoms with Crippen LogP contribution < -0.4 is 9.47 Å². The van der Waals surface area contributed by atoms with Crippen molar-refractivity contribution in [2.45, 2.75) is 39.2 Å². The van der Waals surface area contributed by atoms with Gasteiger partial charge in [-0.25, -0.2) is 0 Å². The molecule has 1 rings (SSSR count). The highest BCUT2D eigenvalue weighted by molar-refractivity contribution is 5.39. The van der Waals surface area contributed by atoms with Gasteiger partial charge in [0.2, 0.25) is 0 Å². The summed E-state index contributed by atoms with van der Waals surface area (Å²) in [4.78, 5) is 0. The van der Waals surface area contributed by atoms with Crippen LogP contribution in [0.1, 0.15) is 33.1 Å². The first-order chi connectivity index (χ1) is 8.31. The van der Waals surface area contributed by atoms with Crippen LogP contribution in [0.25, 0.3) is 0 Å². The van der Waals surface area contributed by atoms with Gasteiger partial charge in [0, 0.05) is 0 Å². The van der Waals surface area contributed by atoms with Crippen LogP contribution in [0.15, 0.2) is 24.3 Å². The molecule has 0 N–H and O–H groups in total. The minimum absolute atomic E-state index is 0.0635. The predicted molar refractivity (Wildman–Crippen MR) is 67.2 cm³/mol. The Labute approximate surface area is 103 Å². The standard InChI is InChI=1S/C14H19NO2/c1-3-11-16-13-7-5-6-8-14(13)17-12(4-2)9-10-15/h5-8,12H,3-4,9,11H2,1-2H3. The van der Waals surface area contributed by atoms with Crippen molar-refractivity contribution < 1.29 is 9.47 Å². The zero-order chi connectivity index (χ0) is 12.5. The Kier molecular flexibility index (Phi) is 5.95. The van der Waals surface area contributed by atoms with Crippen molar-refractivity contribution in [3.05, 3.63) is 24.3 Å². The van der Waals surface area contributed by atoms with E-state index in [9.17, 15) is 0 Å². The van der Waals surface area contributed by atoms with Crippen LogP contribution in [0.5, 0.6) is 11.5 Å². The second-order valence-corrected chi connectivity index (χ2v) is 3.81. The summed E-state index contributed by atoms with van der Waals surface area (Å²) >= 11 is 0. The van der Waals surface area contributed by atoms with Crippen molar-refractivity contribution in [1.82, 2.24) is 0 Å². The van der Waals surface area contributed by atoms with E-state index in [0.29, 0.717) is 13.0 Å². The fourth-order valence-corrected chi connectivity index (χ4v) is 1.43. The van der Waals surface area contributed by atoms with Gasteiger partial charge in [-0.3, -0.25) is 0 Å². The molecule has 3 nitrogen and oxygen atoms in total. The lowest BCUT2D eigenvalue weighted by Gasteiger charge is -2.17. The Morgan fingerprint density at radius 2 is 1.94 bits per heavy atom. The second-order valence-electron chi connectivity index (χ2n) is 3.81. The molecular weight excluding hydrogens is 214 g/mol. The van der Waals surface area contributed by atoms with Crippen molar-refractivity contribution in [2.75, 3.05) is 6.61 Å². The molecule has 1 unspecified atom stereocenters. The van der Waals surface area contributed by atoms with Crippen LogP contribution in [0.2, 0.25) is 0 Å². The average Bonchev–Trinajstić information content (AvgIpc) is 2.37. The van der Waals surface area contributed by atoms with Crippen molar-refractivity contribution in [1.29, 1.82) is 5.26 Å². The lowest BCUT2D eigenvalue weighted by molar-refractivity contribution is 0.188. The third-order valence-electron chi connectivity index (χ3n) is 2.38. The third-order valence-corrected chi connectivity index (χ3v) is 2.38. The quantitative estimate of drug-likeness (QED) is 0.723. The van der Waals surface area contributed by atoms with Crippen LogP contribution in [0, 0.1) is 11.3 Å². The smallest absolute Gasteiger partial charge is 0.161 e. The summed E-state index contributed by atoms with van der Waals surface area (Å²) in [6.07, 6.45) is 2.12. The van der Waals surface area contributed by atoms with E-state index >= 15 is 0 Å². The Bertz CT molecular complexity index is 371. The van der Waals surface area contributed by atoms with Crippen LogP contribution in [0.3, 0.4) is 0 Å². The topological polar surface area (TPSA) is 42.2 Å². The SMILES string of the molecule is CCCOc1ccccc1OC(CC)CC#N. The number of benzene rings is 1. The van der Waals surface area contributed by atoms with E-state index in [1.807, 2.05) is 31.2 Å². The lowest BCUT2D eigenvalue weighted by Crippen LogP contribution is -2.15. The Morgan fingerprint density at radius 3 is 2.53 bits per heavy atom. The minimum atomic E-state index is -0.0635. The molecule has 1 aromatic carbocycles. The fourth-order valence-electron chi connectivity index (χ4n) is 1.43. The van der Waals surface area contributed by atoms with Crippen LogP contribution in [-0.2, 0) is 0 Å². The Morgan fingerprint density at radius 1 is 1.24 bits per heavy atom. The highest BCUT2D eigenvalue weighted by Crippen LogP contribution is 2.28. The summed E-state index contributed by atoms with van der Waals surface area (Å²) in [7, 11) is 0. The number of nitrogens with zero attached hydrogens (tertiary/aromatic N) is 1. The van der Waals surface area contributed by atoms with E-state index in [0.717, 1.165) is 24.3 Å². The van der Waals surface area contributed by atoms with Crippen LogP contribution in [-0.4, -0.2) is 12.7 Å². The van der Waals surface area contributed by atoms with Crippen LogP contribution in [0.4, 0.5) is 0 Å². The maximum atomic E-state index is 8.70. The maximum absolute atomic E-state index is 8.70. The first-order valence-corrected chi connectivity index (χ1v) is 6.07. The first kappa shape index (κ1) is 13.4. The van der Waals surface area contributed by atoms with Gasteiger partial charge in [-0.05, 0) is 25.0 Å². The molecule has 0 fully saturated rings. The monoisotopic (exact) mass is 233 g/mol. The van der Waals surface area contributed by atoms with Gasteiger partial charge in [0.15, 0.2) is 11.5 Å². The zero-order valence-corrected chi connectivity index (χ0v) is 10.5. The van der Waals surface area contributed by atoms with Gasteiger partial charge in [0.1, 0.15) is 6.10 Å². The molecule has 0 spiro atoms. The van der Waals surface area contributed by atoms with E-state index in [-0.39, 0.29) is 6.10 Å². The summed E-state index contributed by atoms with van der Waals surface area (Å²) in [6.45, 7) is 4.75. The van der Waals surface area contributed by atoms with Gasteiger partial charge in [0.05, 0.1) is 19.1 Å². The molecular formula is C14H19NO2. The van der Waals surface area contributed by atoms with Crippen molar-refractivity contribution >= 4 is 0 Å². The van der Waals surface area contributed by atoms with Crippen molar-refractivity contribution in [3.63, 3.8) is 0 Å². The molecule has 0 aliphatic heterocycles. The summed E-state index contributed by atoms with van der Waals surface area (Å²) in [5.41, 5.74) is 0. The van der Waals surface area contributed by atoms with E-state index in [2.05, 4.69) is 13.0 Å². The number of ether oxygens (including phenoxy) is 2. The van der Waals surface area contributed by atoms with Gasteiger partial charge in [-0.2, -0.15) is 5.26 Å². The summed E-state index contributed by atoms with van der Waals surface area (Å²) in [6, 6.07) is 9.74. The molecule has 0 saturated carbocycles. The molecule has 0 radical (unpaired) electrons. The van der Waals surface area contributed by atoms with Gasteiger partial charge in [0.25, 0.3) is 0 Å². The highest BCUT2D eigenvalue weighted by Gasteiger charge is 2.11. The highest BCUT2D eigenvalue weighted by atomic mass is 16.5. The van der Waals surface area contributed by atoms with E-state index < -0.39 is 0 Å². The molecule has 0 amide bonds. The molecule has 3 heteroatoms. The molecule has 1 atom stereocenters. The Hall–Kier alpha value is -1.69. The molecule has 0 aliphatic rings. The first-order valence-electron chi connectivity index (χ1n) is 6.07. The summed E-state index contributed by atoms with van der Waals surface area (Å²) < 4.78 is 11.4. The lowest BCUT2D eigenvalue weighted by atomic mass is 10.2. The van der Waals surface area contributed by atoms with Gasteiger partial charge < -0.3 is 9.47 Å². The maximum Gasteiger partial charge on any atom is 0.161 e.